The molecule has 0 aliphatic heterocycles. The van der Waals surface area contributed by atoms with Crippen LogP contribution in [-0.2, 0) is 11.2 Å². The molecule has 4 heteroatoms. The minimum absolute atomic E-state index is 0.266. The van der Waals surface area contributed by atoms with Crippen LogP contribution in [0.1, 0.15) is 46.6 Å². The van der Waals surface area contributed by atoms with E-state index in [-0.39, 0.29) is 11.9 Å². The molecule has 1 aliphatic carbocycles. The van der Waals surface area contributed by atoms with Crippen molar-refractivity contribution in [2.75, 3.05) is 7.11 Å². The molecular formula is C31H29NO3. The van der Waals surface area contributed by atoms with E-state index < -0.39 is 0 Å². The van der Waals surface area contributed by atoms with Crippen molar-refractivity contribution in [1.29, 1.82) is 0 Å². The lowest BCUT2D eigenvalue weighted by Gasteiger charge is -2.23. The van der Waals surface area contributed by atoms with Gasteiger partial charge in [0, 0.05) is 16.7 Å². The molecule has 0 spiro atoms. The molecule has 1 atom stereocenters. The van der Waals surface area contributed by atoms with Crippen molar-refractivity contribution in [3.8, 4) is 22.6 Å². The number of benzene rings is 3. The van der Waals surface area contributed by atoms with Gasteiger partial charge in [-0.05, 0) is 56.2 Å². The Hall–Kier alpha value is -3.92. The summed E-state index contributed by atoms with van der Waals surface area (Å²) in [5.41, 5.74) is 6.84. The molecule has 1 unspecified atom stereocenters. The molecule has 4 nitrogen and oxygen atoms in total. The molecular weight excluding hydrogens is 434 g/mol. The van der Waals surface area contributed by atoms with Gasteiger partial charge in [0.1, 0.15) is 5.69 Å². The monoisotopic (exact) mass is 463 g/mol. The number of oxazole rings is 1. The lowest BCUT2D eigenvalue weighted by Crippen LogP contribution is -2.12. The number of rotatable bonds is 6. The van der Waals surface area contributed by atoms with E-state index in [2.05, 4.69) is 36.4 Å². The second kappa shape index (κ2) is 10.1. The van der Waals surface area contributed by atoms with Gasteiger partial charge in [0.25, 0.3) is 0 Å². The van der Waals surface area contributed by atoms with Gasteiger partial charge in [0.05, 0.1) is 12.7 Å². The number of allylic oxidation sites excluding steroid dienone is 2. The number of hydrogen-bond acceptors (Lipinski definition) is 4. The van der Waals surface area contributed by atoms with Gasteiger partial charge in [-0.1, -0.05) is 78.4 Å². The number of nitrogens with zero attached hydrogens (tertiary/aromatic N) is 1. The van der Waals surface area contributed by atoms with Gasteiger partial charge < -0.3 is 9.15 Å². The molecule has 1 aromatic heterocycles. The number of hydrogen-bond donors (Lipinski definition) is 0. The molecule has 5 rings (SSSR count). The zero-order valence-corrected chi connectivity index (χ0v) is 20.2. The van der Waals surface area contributed by atoms with Crippen molar-refractivity contribution in [3.63, 3.8) is 0 Å². The minimum Gasteiger partial charge on any atom is -0.465 e. The Labute approximate surface area is 206 Å². The van der Waals surface area contributed by atoms with E-state index in [0.29, 0.717) is 11.5 Å². The van der Waals surface area contributed by atoms with Gasteiger partial charge in [0.15, 0.2) is 5.76 Å². The van der Waals surface area contributed by atoms with Crippen LogP contribution in [0.15, 0.2) is 89.4 Å². The summed E-state index contributed by atoms with van der Waals surface area (Å²) < 4.78 is 11.5. The number of aryl methyl sites for hydroxylation is 1. The van der Waals surface area contributed by atoms with Gasteiger partial charge in [0.2, 0.25) is 5.89 Å². The topological polar surface area (TPSA) is 52.3 Å². The van der Waals surface area contributed by atoms with Crippen LogP contribution in [0.25, 0.3) is 28.2 Å². The van der Waals surface area contributed by atoms with Gasteiger partial charge in [-0.15, -0.1) is 0 Å². The molecule has 0 radical (unpaired) electrons. The largest absolute Gasteiger partial charge is 0.465 e. The van der Waals surface area contributed by atoms with Crippen LogP contribution in [0.2, 0.25) is 0 Å². The highest BCUT2D eigenvalue weighted by atomic mass is 16.5. The zero-order chi connectivity index (χ0) is 24.2. The fraction of sp³-hybridized carbons (Fsp3) is 0.226. The van der Waals surface area contributed by atoms with E-state index >= 15 is 0 Å². The van der Waals surface area contributed by atoms with Crippen molar-refractivity contribution < 1.29 is 13.9 Å². The minimum atomic E-state index is -0.304. The average Bonchev–Trinajstić information content (AvgIpc) is 3.34. The maximum Gasteiger partial charge on any atom is 0.337 e. The van der Waals surface area contributed by atoms with Gasteiger partial charge >= 0.3 is 5.97 Å². The normalized spacial score (nSPS) is 15.5. The third kappa shape index (κ3) is 4.97. The van der Waals surface area contributed by atoms with E-state index in [1.807, 2.05) is 55.5 Å². The molecule has 0 fully saturated rings. The molecule has 3 aromatic carbocycles. The Morgan fingerprint density at radius 2 is 1.71 bits per heavy atom. The maximum atomic E-state index is 12.1. The van der Waals surface area contributed by atoms with Crippen LogP contribution < -0.4 is 0 Å². The van der Waals surface area contributed by atoms with Crippen LogP contribution in [-0.4, -0.2) is 18.1 Å². The number of methoxy groups -OCH3 is 1. The van der Waals surface area contributed by atoms with Gasteiger partial charge in [-0.2, -0.15) is 0 Å². The first-order valence-corrected chi connectivity index (χ1v) is 12.1. The number of ether oxygens (including phenoxy) is 1. The summed E-state index contributed by atoms with van der Waals surface area (Å²) in [5.74, 6) is 1.44. The maximum absolute atomic E-state index is 12.1. The van der Waals surface area contributed by atoms with Gasteiger partial charge in [-0.3, -0.25) is 0 Å². The van der Waals surface area contributed by atoms with E-state index in [4.69, 9.17) is 14.1 Å². The van der Waals surface area contributed by atoms with E-state index in [9.17, 15) is 4.79 Å². The Morgan fingerprint density at radius 3 is 2.43 bits per heavy atom. The first kappa shape index (κ1) is 22.9. The predicted octanol–water partition coefficient (Wildman–Crippen LogP) is 7.53. The van der Waals surface area contributed by atoms with Crippen molar-refractivity contribution in [2.45, 2.75) is 32.6 Å². The zero-order valence-electron chi connectivity index (χ0n) is 20.2. The molecule has 35 heavy (non-hydrogen) atoms. The Balaban J connectivity index is 1.53. The lowest BCUT2D eigenvalue weighted by molar-refractivity contribution is 0.0600. The standard InChI is InChI=1S/C31H29NO3/c1-21-17-22(20-26(18-21)31(33)34-2)19-25-15-9-10-16-27(25)30-32-28(23-11-5-3-6-12-23)29(35-30)24-13-7-4-8-14-24/h3-8,11-14,16-18,20,25H,9-10,15,19H2,1-2H3. The van der Waals surface area contributed by atoms with E-state index in [0.717, 1.165) is 65.0 Å². The molecule has 0 amide bonds. The smallest absolute Gasteiger partial charge is 0.337 e. The van der Waals surface area contributed by atoms with Gasteiger partial charge in [-0.25, -0.2) is 9.78 Å². The molecule has 0 N–H and O–H groups in total. The third-order valence-corrected chi connectivity index (χ3v) is 6.56. The summed E-state index contributed by atoms with van der Waals surface area (Å²) in [6.45, 7) is 2.01. The molecule has 0 saturated carbocycles. The molecule has 0 bridgehead atoms. The van der Waals surface area contributed by atoms with Crippen LogP contribution in [0.5, 0.6) is 0 Å². The Bertz CT molecular complexity index is 1300. The summed E-state index contributed by atoms with van der Waals surface area (Å²) >= 11 is 0. The first-order valence-electron chi connectivity index (χ1n) is 12.1. The van der Waals surface area contributed by atoms with Crippen molar-refractivity contribution in [3.05, 3.63) is 108 Å². The fourth-order valence-corrected chi connectivity index (χ4v) is 4.94. The highest BCUT2D eigenvalue weighted by Gasteiger charge is 2.26. The molecule has 1 aliphatic rings. The Morgan fingerprint density at radius 1 is 1.00 bits per heavy atom. The van der Waals surface area contributed by atoms with Crippen molar-refractivity contribution >= 4 is 11.5 Å². The molecule has 4 aromatic rings. The van der Waals surface area contributed by atoms with Crippen LogP contribution in [0.4, 0.5) is 0 Å². The molecule has 176 valence electrons. The summed E-state index contributed by atoms with van der Waals surface area (Å²) in [6.07, 6.45) is 6.29. The fourth-order valence-electron chi connectivity index (χ4n) is 4.94. The van der Waals surface area contributed by atoms with Crippen LogP contribution >= 0.6 is 0 Å². The summed E-state index contributed by atoms with van der Waals surface area (Å²) in [6, 6.07) is 26.3. The molecule has 0 saturated heterocycles. The third-order valence-electron chi connectivity index (χ3n) is 6.56. The SMILES string of the molecule is COC(=O)c1cc(C)cc(CC2CCCC=C2c2nc(-c3ccccc3)c(-c3ccccc3)o2)c1. The second-order valence-corrected chi connectivity index (χ2v) is 9.12. The van der Waals surface area contributed by atoms with Crippen molar-refractivity contribution in [1.82, 2.24) is 4.98 Å². The lowest BCUT2D eigenvalue weighted by atomic mass is 9.82. The summed E-state index contributed by atoms with van der Waals surface area (Å²) in [5, 5.41) is 0. The van der Waals surface area contributed by atoms with E-state index in [1.165, 1.54) is 7.11 Å². The summed E-state index contributed by atoms with van der Waals surface area (Å²) in [7, 11) is 1.42. The average molecular weight is 464 g/mol. The number of carbonyl (C=O) groups is 1. The highest BCUT2D eigenvalue weighted by Crippen LogP contribution is 2.40. The molecule has 1 heterocycles. The van der Waals surface area contributed by atoms with Crippen LogP contribution in [0.3, 0.4) is 0 Å². The predicted molar refractivity (Wildman–Crippen MR) is 139 cm³/mol. The van der Waals surface area contributed by atoms with E-state index in [1.54, 1.807) is 0 Å². The Kier molecular flexibility index (Phi) is 6.62. The quantitative estimate of drug-likeness (QED) is 0.277. The number of carbonyl (C=O) groups excluding carboxylic acids is 1. The van der Waals surface area contributed by atoms with Crippen LogP contribution in [0, 0.1) is 12.8 Å². The first-order chi connectivity index (χ1) is 17.1. The number of esters is 1. The number of aromatic nitrogens is 1. The van der Waals surface area contributed by atoms with Crippen molar-refractivity contribution in [2.24, 2.45) is 5.92 Å². The second-order valence-electron chi connectivity index (χ2n) is 9.12. The summed E-state index contributed by atoms with van der Waals surface area (Å²) in [4.78, 5) is 17.2. The highest BCUT2D eigenvalue weighted by molar-refractivity contribution is 5.89.